The van der Waals surface area contributed by atoms with Crippen molar-refractivity contribution in [2.24, 2.45) is 0 Å². The summed E-state index contributed by atoms with van der Waals surface area (Å²) in [6.07, 6.45) is 0. The Kier molecular flexibility index (Phi) is 4.47. The number of non-ortho nitro benzene ring substituents is 1. The highest BCUT2D eigenvalue weighted by atomic mass is 16.6. The smallest absolute Gasteiger partial charge is 0.293 e. The number of carbonyl (C=O) groups excluding carboxylic acids is 1. The quantitative estimate of drug-likeness (QED) is 0.546. The molecule has 0 radical (unpaired) electrons. The van der Waals surface area contributed by atoms with E-state index >= 15 is 0 Å². The molecule has 8 heteroatoms. The van der Waals surface area contributed by atoms with Crippen molar-refractivity contribution >= 4 is 33.9 Å². The van der Waals surface area contributed by atoms with E-state index in [-0.39, 0.29) is 17.3 Å². The van der Waals surface area contributed by atoms with E-state index in [0.29, 0.717) is 29.8 Å². The third-order valence-electron chi connectivity index (χ3n) is 4.58. The number of nitrogens with one attached hydrogen (secondary N) is 2. The fourth-order valence-corrected chi connectivity index (χ4v) is 3.26. The Morgan fingerprint density at radius 1 is 1.15 bits per heavy atom. The van der Waals surface area contributed by atoms with E-state index in [1.165, 1.54) is 6.07 Å². The molecule has 0 aliphatic carbocycles. The van der Waals surface area contributed by atoms with Crippen LogP contribution in [0.5, 0.6) is 0 Å². The molecule has 1 amide bonds. The molecule has 27 heavy (non-hydrogen) atoms. The summed E-state index contributed by atoms with van der Waals surface area (Å²) in [6, 6.07) is 13.9. The number of aromatic nitrogens is 1. The molecule has 138 valence electrons. The number of morpholine rings is 1. The lowest BCUT2D eigenvalue weighted by atomic mass is 10.2. The third-order valence-corrected chi connectivity index (χ3v) is 4.58. The highest BCUT2D eigenvalue weighted by molar-refractivity contribution is 6.08. The number of benzene rings is 2. The molecule has 0 unspecified atom stereocenters. The highest BCUT2D eigenvalue weighted by Gasteiger charge is 2.19. The van der Waals surface area contributed by atoms with E-state index in [4.69, 9.17) is 4.74 Å². The number of hydrogen-bond donors (Lipinski definition) is 2. The van der Waals surface area contributed by atoms with Crippen molar-refractivity contribution < 1.29 is 14.5 Å². The Labute approximate surface area is 154 Å². The number of aromatic amines is 1. The fourth-order valence-electron chi connectivity index (χ4n) is 3.26. The van der Waals surface area contributed by atoms with E-state index in [0.717, 1.165) is 18.8 Å². The number of H-pyrrole nitrogens is 1. The van der Waals surface area contributed by atoms with Crippen LogP contribution in [0.25, 0.3) is 10.9 Å². The highest BCUT2D eigenvalue weighted by Crippen LogP contribution is 2.28. The molecule has 1 saturated heterocycles. The molecule has 1 aromatic heterocycles. The van der Waals surface area contributed by atoms with Gasteiger partial charge in [-0.3, -0.25) is 14.9 Å². The topological polar surface area (TPSA) is 100 Å². The average molecular weight is 366 g/mol. The molecule has 1 aliphatic heterocycles. The van der Waals surface area contributed by atoms with Crippen LogP contribution in [0.15, 0.2) is 48.5 Å². The van der Waals surface area contributed by atoms with Crippen molar-refractivity contribution in [3.05, 3.63) is 64.3 Å². The molecule has 3 aromatic rings. The second-order valence-corrected chi connectivity index (χ2v) is 6.25. The summed E-state index contributed by atoms with van der Waals surface area (Å²) in [6.45, 7) is 2.80. The predicted octanol–water partition coefficient (Wildman–Crippen LogP) is 3.17. The van der Waals surface area contributed by atoms with Crippen molar-refractivity contribution in [3.8, 4) is 0 Å². The number of ether oxygens (including phenoxy) is 1. The zero-order chi connectivity index (χ0) is 18.8. The lowest BCUT2D eigenvalue weighted by Gasteiger charge is -2.30. The van der Waals surface area contributed by atoms with Gasteiger partial charge in [-0.2, -0.15) is 0 Å². The molecule has 8 nitrogen and oxygen atoms in total. The number of fused-ring (bicyclic) bond motifs is 1. The predicted molar refractivity (Wildman–Crippen MR) is 102 cm³/mol. The minimum absolute atomic E-state index is 0.0553. The maximum absolute atomic E-state index is 12.7. The summed E-state index contributed by atoms with van der Waals surface area (Å²) in [7, 11) is 0. The Hall–Kier alpha value is -3.39. The summed E-state index contributed by atoms with van der Waals surface area (Å²) in [5, 5.41) is 14.7. The van der Waals surface area contributed by atoms with Crippen LogP contribution in [-0.4, -0.2) is 42.1 Å². The Balaban J connectivity index is 1.62. The maximum Gasteiger partial charge on any atom is 0.293 e. The third kappa shape index (κ3) is 3.34. The van der Waals surface area contributed by atoms with Gasteiger partial charge in [0, 0.05) is 24.5 Å². The number of anilines is 2. The van der Waals surface area contributed by atoms with Gasteiger partial charge in [0.2, 0.25) is 0 Å². The monoisotopic (exact) mass is 366 g/mol. The van der Waals surface area contributed by atoms with E-state index in [1.807, 2.05) is 24.3 Å². The van der Waals surface area contributed by atoms with Crippen molar-refractivity contribution in [2.45, 2.75) is 0 Å². The number of nitro groups is 1. The number of para-hydroxylation sites is 3. The molecule has 1 fully saturated rings. The lowest BCUT2D eigenvalue weighted by Crippen LogP contribution is -2.36. The number of carbonyl (C=O) groups is 1. The molecule has 1 aliphatic rings. The number of hydrogen-bond acceptors (Lipinski definition) is 5. The van der Waals surface area contributed by atoms with Gasteiger partial charge in [-0.15, -0.1) is 0 Å². The van der Waals surface area contributed by atoms with Crippen LogP contribution in [0.2, 0.25) is 0 Å². The SMILES string of the molecule is O=C(Nc1ccccc1N1CCOCC1)c1cc2cccc([N+](=O)[O-])c2[nH]1. The minimum Gasteiger partial charge on any atom is -0.378 e. The van der Waals surface area contributed by atoms with Crippen molar-refractivity contribution in [3.63, 3.8) is 0 Å². The number of amides is 1. The summed E-state index contributed by atoms with van der Waals surface area (Å²) in [5.74, 6) is -0.346. The first kappa shape index (κ1) is 17.0. The van der Waals surface area contributed by atoms with E-state index in [9.17, 15) is 14.9 Å². The van der Waals surface area contributed by atoms with Gasteiger partial charge in [-0.25, -0.2) is 0 Å². The van der Waals surface area contributed by atoms with Gasteiger partial charge in [0.15, 0.2) is 0 Å². The van der Waals surface area contributed by atoms with Crippen LogP contribution < -0.4 is 10.2 Å². The molecule has 2 heterocycles. The number of rotatable bonds is 4. The molecule has 0 atom stereocenters. The van der Waals surface area contributed by atoms with Crippen LogP contribution in [0, 0.1) is 10.1 Å². The molecule has 0 bridgehead atoms. The standard InChI is InChI=1S/C19H18N4O4/c24-19(15-12-13-4-3-7-17(23(25)26)18(13)20-15)21-14-5-1-2-6-16(14)22-8-10-27-11-9-22/h1-7,12,20H,8-11H2,(H,21,24). The van der Waals surface area contributed by atoms with E-state index in [1.54, 1.807) is 18.2 Å². The van der Waals surface area contributed by atoms with Crippen LogP contribution in [0.1, 0.15) is 10.5 Å². The Bertz CT molecular complexity index is 1010. The maximum atomic E-state index is 12.7. The first-order valence-electron chi connectivity index (χ1n) is 8.63. The molecule has 2 aromatic carbocycles. The second-order valence-electron chi connectivity index (χ2n) is 6.25. The Morgan fingerprint density at radius 3 is 2.70 bits per heavy atom. The number of nitrogens with zero attached hydrogens (tertiary/aromatic N) is 2. The summed E-state index contributed by atoms with van der Waals surface area (Å²) in [5.41, 5.74) is 2.18. The van der Waals surface area contributed by atoms with Gasteiger partial charge in [0.1, 0.15) is 11.2 Å². The Morgan fingerprint density at radius 2 is 1.93 bits per heavy atom. The van der Waals surface area contributed by atoms with Gasteiger partial charge >= 0.3 is 0 Å². The van der Waals surface area contributed by atoms with Crippen LogP contribution in [0.4, 0.5) is 17.1 Å². The zero-order valence-corrected chi connectivity index (χ0v) is 14.5. The minimum atomic E-state index is -0.464. The van der Waals surface area contributed by atoms with E-state index < -0.39 is 4.92 Å². The summed E-state index contributed by atoms with van der Waals surface area (Å²) in [4.78, 5) is 28.5. The van der Waals surface area contributed by atoms with Crippen molar-refractivity contribution in [1.82, 2.24) is 4.98 Å². The second kappa shape index (κ2) is 7.08. The van der Waals surface area contributed by atoms with Crippen molar-refractivity contribution in [2.75, 3.05) is 36.5 Å². The molecular formula is C19H18N4O4. The van der Waals surface area contributed by atoms with Gasteiger partial charge in [0.05, 0.1) is 29.5 Å². The van der Waals surface area contributed by atoms with Crippen molar-refractivity contribution in [1.29, 1.82) is 0 Å². The lowest BCUT2D eigenvalue weighted by molar-refractivity contribution is -0.383. The normalized spacial score (nSPS) is 14.3. The average Bonchev–Trinajstić information content (AvgIpc) is 3.13. The molecule has 0 saturated carbocycles. The van der Waals surface area contributed by atoms with Crippen LogP contribution in [0.3, 0.4) is 0 Å². The van der Waals surface area contributed by atoms with Gasteiger partial charge in [-0.05, 0) is 18.2 Å². The first-order valence-corrected chi connectivity index (χ1v) is 8.63. The van der Waals surface area contributed by atoms with E-state index in [2.05, 4.69) is 15.2 Å². The van der Waals surface area contributed by atoms with Crippen LogP contribution >= 0.6 is 0 Å². The zero-order valence-electron chi connectivity index (χ0n) is 14.5. The molecule has 4 rings (SSSR count). The van der Waals surface area contributed by atoms with Crippen LogP contribution in [-0.2, 0) is 4.74 Å². The molecule has 0 spiro atoms. The van der Waals surface area contributed by atoms with Gasteiger partial charge in [-0.1, -0.05) is 24.3 Å². The summed E-state index contributed by atoms with van der Waals surface area (Å²) < 4.78 is 5.39. The summed E-state index contributed by atoms with van der Waals surface area (Å²) >= 11 is 0. The molecular weight excluding hydrogens is 348 g/mol. The number of nitro benzene ring substituents is 1. The van der Waals surface area contributed by atoms with Gasteiger partial charge < -0.3 is 19.9 Å². The largest absolute Gasteiger partial charge is 0.378 e. The fraction of sp³-hybridized carbons (Fsp3) is 0.211. The van der Waals surface area contributed by atoms with Gasteiger partial charge in [0.25, 0.3) is 11.6 Å². The first-order chi connectivity index (χ1) is 13.1. The molecule has 2 N–H and O–H groups in total.